The summed E-state index contributed by atoms with van der Waals surface area (Å²) in [6.45, 7) is 0. The first-order valence-corrected chi connectivity index (χ1v) is 3.29. The van der Waals surface area contributed by atoms with Gasteiger partial charge in [-0.15, -0.1) is 0 Å². The lowest BCUT2D eigenvalue weighted by molar-refractivity contribution is -1.19. The maximum atomic E-state index is 9.97. The fourth-order valence-electron chi connectivity index (χ4n) is 0.498. The van der Waals surface area contributed by atoms with Crippen molar-refractivity contribution in [3.8, 4) is 0 Å². The molecule has 0 aliphatic rings. The average molecular weight is 212 g/mol. The second kappa shape index (κ2) is 5.15. The van der Waals surface area contributed by atoms with Gasteiger partial charge in [0.2, 0.25) is 12.4 Å². The van der Waals surface area contributed by atoms with Gasteiger partial charge in [-0.3, -0.25) is 0 Å². The van der Waals surface area contributed by atoms with Crippen molar-refractivity contribution in [2.24, 2.45) is 0 Å². The molecule has 1 aromatic heterocycles. The summed E-state index contributed by atoms with van der Waals surface area (Å²) in [6.07, 6.45) is 2.75. The van der Waals surface area contributed by atoms with Crippen molar-refractivity contribution in [2.75, 3.05) is 0 Å². The first-order chi connectivity index (χ1) is 6.30. The van der Waals surface area contributed by atoms with Crippen LogP contribution in [0.2, 0.25) is 0 Å². The molecule has 0 fully saturated rings. The molecule has 1 heterocycles. The molecule has 14 heavy (non-hydrogen) atoms. The molecule has 78 valence electrons. The van der Waals surface area contributed by atoms with Crippen LogP contribution in [-0.4, -0.2) is 12.3 Å². The number of aromatic nitrogens is 1. The summed E-state index contributed by atoms with van der Waals surface area (Å²) >= 11 is 0. The van der Waals surface area contributed by atoms with Gasteiger partial charge in [-0.25, -0.2) is 0 Å². The molecule has 0 bridgehead atoms. The summed E-state index contributed by atoms with van der Waals surface area (Å²) in [5.41, 5.74) is 0. The molecular formula is C5H5BF4N2O2. The van der Waals surface area contributed by atoms with Gasteiger partial charge >= 0.3 is 12.3 Å². The molecule has 0 aliphatic heterocycles. The first kappa shape index (κ1) is 12.3. The van der Waals surface area contributed by atoms with E-state index in [1.54, 1.807) is 18.2 Å². The number of rotatable bonds is 1. The van der Waals surface area contributed by atoms with E-state index in [1.807, 2.05) is 0 Å². The van der Waals surface area contributed by atoms with Gasteiger partial charge in [0.1, 0.15) is 4.68 Å². The minimum absolute atomic E-state index is 0.500. The maximum absolute atomic E-state index is 9.97. The molecule has 0 atom stereocenters. The Morgan fingerprint density at radius 1 is 1.07 bits per heavy atom. The molecule has 0 saturated carbocycles. The Balaban J connectivity index is 0.000000292. The van der Waals surface area contributed by atoms with Gasteiger partial charge in [0.15, 0.2) is 0 Å². The number of hydrogen-bond acceptors (Lipinski definition) is 2. The number of halogens is 4. The molecule has 0 spiro atoms. The third-order valence-electron chi connectivity index (χ3n) is 0.888. The summed E-state index contributed by atoms with van der Waals surface area (Å²) in [5.74, 6) is 0. The van der Waals surface area contributed by atoms with Crippen LogP contribution in [0.4, 0.5) is 17.3 Å². The third kappa shape index (κ3) is 8.43. The number of nitro groups is 1. The predicted molar refractivity (Wildman–Crippen MR) is 39.2 cm³/mol. The van der Waals surface area contributed by atoms with Crippen LogP contribution >= 0.6 is 0 Å². The van der Waals surface area contributed by atoms with Crippen molar-refractivity contribution >= 4 is 7.25 Å². The fourth-order valence-corrected chi connectivity index (χ4v) is 0.498. The van der Waals surface area contributed by atoms with Gasteiger partial charge in [0.05, 0.1) is 0 Å². The van der Waals surface area contributed by atoms with Gasteiger partial charge in [0.25, 0.3) is 0 Å². The highest BCUT2D eigenvalue weighted by Gasteiger charge is 2.20. The smallest absolute Gasteiger partial charge is 0.418 e. The summed E-state index contributed by atoms with van der Waals surface area (Å²) < 4.78 is 39.9. The molecule has 1 rings (SSSR count). The zero-order valence-corrected chi connectivity index (χ0v) is 6.69. The summed E-state index contributed by atoms with van der Waals surface area (Å²) in [7, 11) is -6.00. The Morgan fingerprint density at radius 2 is 1.43 bits per heavy atom. The topological polar surface area (TPSA) is 47.0 Å². The van der Waals surface area contributed by atoms with Gasteiger partial charge in [0, 0.05) is 12.1 Å². The van der Waals surface area contributed by atoms with Crippen LogP contribution in [0.1, 0.15) is 0 Å². The predicted octanol–water partition coefficient (Wildman–Crippen LogP) is 1.31. The van der Waals surface area contributed by atoms with Gasteiger partial charge in [-0.1, -0.05) is 0 Å². The molecular weight excluding hydrogens is 207 g/mol. The van der Waals surface area contributed by atoms with Crippen LogP contribution in [0.3, 0.4) is 0 Å². The summed E-state index contributed by atoms with van der Waals surface area (Å²) in [5, 5.41) is 9.47. The maximum Gasteiger partial charge on any atom is 0.673 e. The molecule has 0 radical (unpaired) electrons. The third-order valence-corrected chi connectivity index (χ3v) is 0.888. The SMILES string of the molecule is F[B-](F)(F)F.O=[N+]([O-])[n+]1ccccc1. The van der Waals surface area contributed by atoms with E-state index in [2.05, 4.69) is 0 Å². The minimum atomic E-state index is -6.00. The zero-order chi connectivity index (χ0) is 11.2. The van der Waals surface area contributed by atoms with Crippen molar-refractivity contribution < 1.29 is 27.0 Å². The number of pyridine rings is 1. The highest BCUT2D eigenvalue weighted by atomic mass is 19.5. The van der Waals surface area contributed by atoms with Crippen LogP contribution in [-0.2, 0) is 0 Å². The van der Waals surface area contributed by atoms with Crippen LogP contribution in [0, 0.1) is 10.1 Å². The van der Waals surface area contributed by atoms with E-state index in [4.69, 9.17) is 0 Å². The van der Waals surface area contributed by atoms with E-state index in [0.29, 0.717) is 0 Å². The first-order valence-electron chi connectivity index (χ1n) is 3.29. The summed E-state index contributed by atoms with van der Waals surface area (Å²) in [6, 6.07) is 4.92. The van der Waals surface area contributed by atoms with Crippen molar-refractivity contribution in [3.63, 3.8) is 0 Å². The summed E-state index contributed by atoms with van der Waals surface area (Å²) in [4.78, 5) is 9.97. The molecule has 0 amide bonds. The van der Waals surface area contributed by atoms with E-state index in [9.17, 15) is 27.4 Å². The quantitative estimate of drug-likeness (QED) is 0.231. The van der Waals surface area contributed by atoms with Crippen molar-refractivity contribution in [1.82, 2.24) is 0 Å². The van der Waals surface area contributed by atoms with Crippen molar-refractivity contribution in [3.05, 3.63) is 40.7 Å². The van der Waals surface area contributed by atoms with Gasteiger partial charge < -0.3 is 17.3 Å². The lowest BCUT2D eigenvalue weighted by atomic mass is 10.3. The average Bonchev–Trinajstić information content (AvgIpc) is 2.03. The molecule has 4 nitrogen and oxygen atoms in total. The monoisotopic (exact) mass is 212 g/mol. The zero-order valence-electron chi connectivity index (χ0n) is 6.69. The van der Waals surface area contributed by atoms with Crippen LogP contribution < -0.4 is 4.68 Å². The van der Waals surface area contributed by atoms with E-state index in [0.717, 1.165) is 4.68 Å². The van der Waals surface area contributed by atoms with E-state index in [-0.39, 0.29) is 0 Å². The second-order valence-corrected chi connectivity index (χ2v) is 1.99. The lowest BCUT2D eigenvalue weighted by Gasteiger charge is -1.94. The van der Waals surface area contributed by atoms with Gasteiger partial charge in [-0.05, 0) is 6.07 Å². The molecule has 0 aliphatic carbocycles. The van der Waals surface area contributed by atoms with E-state index < -0.39 is 12.3 Å². The molecule has 0 aromatic carbocycles. The molecule has 1 aromatic rings. The Hall–Kier alpha value is -1.67. The highest BCUT2D eigenvalue weighted by molar-refractivity contribution is 6.50. The largest absolute Gasteiger partial charge is 0.673 e. The minimum Gasteiger partial charge on any atom is -0.418 e. The Morgan fingerprint density at radius 3 is 1.64 bits per heavy atom. The molecule has 0 unspecified atom stereocenters. The second-order valence-electron chi connectivity index (χ2n) is 1.99. The lowest BCUT2D eigenvalue weighted by Crippen LogP contribution is -2.40. The molecule has 0 N–H and O–H groups in total. The number of hydrogen-bond donors (Lipinski definition) is 0. The van der Waals surface area contributed by atoms with Crippen LogP contribution in [0.25, 0.3) is 0 Å². The van der Waals surface area contributed by atoms with E-state index in [1.165, 1.54) is 12.4 Å². The molecule has 9 heteroatoms. The fraction of sp³-hybridized carbons (Fsp3) is 0. The molecule has 0 saturated heterocycles. The highest BCUT2D eigenvalue weighted by Crippen LogP contribution is 2.06. The standard InChI is InChI=1S/C5H5N2O2.BF4/c8-7(9)6-4-2-1-3-5-6;2-1(3,4)5/h1-5H;/q+1;-1. The van der Waals surface area contributed by atoms with E-state index >= 15 is 0 Å². The number of nitrogens with zero attached hydrogens (tertiary/aromatic N) is 2. The normalized spacial score (nSPS) is 10.0. The Labute approximate surface area is 76.0 Å². The Kier molecular flexibility index (Phi) is 4.54. The van der Waals surface area contributed by atoms with Crippen LogP contribution in [0.5, 0.6) is 0 Å². The Bertz CT molecular complexity index is 286. The van der Waals surface area contributed by atoms with Crippen LogP contribution in [0.15, 0.2) is 30.6 Å². The van der Waals surface area contributed by atoms with Crippen molar-refractivity contribution in [2.45, 2.75) is 0 Å². The van der Waals surface area contributed by atoms with Gasteiger partial charge in [-0.2, -0.15) is 10.1 Å². The van der Waals surface area contributed by atoms with Crippen molar-refractivity contribution in [1.29, 1.82) is 0 Å².